The summed E-state index contributed by atoms with van der Waals surface area (Å²) in [6.45, 7) is 0. The Bertz CT molecular complexity index is 346. The summed E-state index contributed by atoms with van der Waals surface area (Å²) in [6.07, 6.45) is 0. The fraction of sp³-hybridized carbons (Fsp3) is 0. The van der Waals surface area contributed by atoms with E-state index in [4.69, 9.17) is 52.6 Å². The molecule has 0 rings (SSSR count). The van der Waals surface area contributed by atoms with Gasteiger partial charge >= 0.3 is 31.2 Å². The highest BCUT2D eigenvalue weighted by Gasteiger charge is 1.85. The van der Waals surface area contributed by atoms with Crippen LogP contribution in [-0.2, 0) is 31.2 Å². The summed E-state index contributed by atoms with van der Waals surface area (Å²) in [4.78, 5) is 0. The predicted octanol–water partition coefficient (Wildman–Crippen LogP) is -14.3. The molecule has 0 aromatic heterocycles. The Hall–Kier alpha value is 0.115. The van der Waals surface area contributed by atoms with Crippen LogP contribution in [0.1, 0.15) is 0 Å². The third kappa shape index (κ3) is 1800000. The second-order valence-electron chi connectivity index (χ2n) is 1.34. The molecule has 26 nitrogen and oxygen atoms in total. The average molecular weight is 600 g/mol. The third-order valence-corrected chi connectivity index (χ3v) is 0. The summed E-state index contributed by atoms with van der Waals surface area (Å²) < 4.78 is 94.8. The molecule has 0 aromatic carbocycles. The minimum Gasteiger partial charge on any atom is -0.412 e. The van der Waals surface area contributed by atoms with Crippen LogP contribution < -0.4 is 0 Å². The minimum absolute atomic E-state index is 0. The molecule has 0 fully saturated rings. The van der Waals surface area contributed by atoms with Crippen LogP contribution in [0.25, 0.3) is 0 Å². The summed E-state index contributed by atoms with van der Waals surface area (Å²) in [5.41, 5.74) is 0. The van der Waals surface area contributed by atoms with Gasteiger partial charge in [0.2, 0.25) is 0 Å². The van der Waals surface area contributed by atoms with Crippen LogP contribution in [-0.4, -0.2) is 164 Å². The molecular weight excluding hydrogens is 566 g/mol. The molecule has 0 aliphatic heterocycles. The van der Waals surface area contributed by atoms with E-state index >= 15 is 0 Å². The first-order chi connectivity index (χ1) is 6.00. The minimum atomic E-state index is -4.67. The Labute approximate surface area is 195 Å². The molecule has 0 atom stereocenters. The molecule has 0 unspecified atom stereocenters. The van der Waals surface area contributed by atoms with E-state index in [9.17, 15) is 0 Å². The van der Waals surface area contributed by atoms with Crippen LogP contribution in [0.15, 0.2) is 0 Å². The van der Waals surface area contributed by atoms with E-state index in [0.29, 0.717) is 0 Å². The largest absolute Gasteiger partial charge is 0.412 e. The molecule has 31 heavy (non-hydrogen) atoms. The van der Waals surface area contributed by atoms with Gasteiger partial charge < -0.3 is 76.7 Å². The van der Waals surface area contributed by atoms with Crippen molar-refractivity contribution >= 4 is 65.9 Å². The first-order valence-electron chi connectivity index (χ1n) is 2.10. The van der Waals surface area contributed by atoms with Gasteiger partial charge in [0.25, 0.3) is 0 Å². The monoisotopic (exact) mass is 600 g/mol. The molecular formula is H34Al2O26S3. The van der Waals surface area contributed by atoms with Gasteiger partial charge in [0.15, 0.2) is 0 Å². The molecule has 0 amide bonds. The molecule has 0 aliphatic rings. The lowest BCUT2D eigenvalue weighted by Gasteiger charge is -1.68. The van der Waals surface area contributed by atoms with E-state index in [1.165, 1.54) is 0 Å². The van der Waals surface area contributed by atoms with Gasteiger partial charge in [0, 0.05) is 34.7 Å². The molecule has 34 N–H and O–H groups in total. The van der Waals surface area contributed by atoms with Crippen molar-refractivity contribution in [1.29, 1.82) is 0 Å². The van der Waals surface area contributed by atoms with Crippen molar-refractivity contribution in [1.82, 2.24) is 0 Å². The zero-order valence-corrected chi connectivity index (χ0v) is 19.3. The van der Waals surface area contributed by atoms with Gasteiger partial charge in [-0.25, -0.2) is 0 Å². The SMILES string of the molecule is O.O.O.O.O.O.O.O.O.O.O.O.O.O.O=S(=O)(O)O.O=S(=O)(O)O.O=S(=O)(O)O.[Al].[Al]. The van der Waals surface area contributed by atoms with Gasteiger partial charge in [-0.1, -0.05) is 0 Å². The number of hydrogen-bond donors (Lipinski definition) is 6. The number of hydrogen-bond acceptors (Lipinski definition) is 6. The molecule has 0 aliphatic carbocycles. The molecule has 0 aromatic rings. The molecule has 31 heteroatoms. The highest BCUT2D eigenvalue weighted by molar-refractivity contribution is 7.80. The maximum Gasteiger partial charge on any atom is 0.394 e. The second-order valence-corrected chi connectivity index (χ2v) is 4.03. The first kappa shape index (κ1) is 192. The fourth-order valence-electron chi connectivity index (χ4n) is 0. The van der Waals surface area contributed by atoms with E-state index in [1.807, 2.05) is 0 Å². The van der Waals surface area contributed by atoms with E-state index in [0.717, 1.165) is 0 Å². The summed E-state index contributed by atoms with van der Waals surface area (Å²) in [5.74, 6) is 0. The fourth-order valence-corrected chi connectivity index (χ4v) is 0. The molecule has 214 valence electrons. The smallest absolute Gasteiger partial charge is 0.394 e. The molecule has 0 saturated heterocycles. The maximum atomic E-state index is 8.74. The Kier molecular flexibility index (Phi) is 482. The predicted molar refractivity (Wildman–Crippen MR) is 105 cm³/mol. The molecule has 0 saturated carbocycles. The van der Waals surface area contributed by atoms with Crippen LogP contribution in [0, 0.1) is 0 Å². The van der Waals surface area contributed by atoms with Gasteiger partial charge in [-0.3, -0.25) is 27.3 Å². The third-order valence-electron chi connectivity index (χ3n) is 0. The Morgan fingerprint density at radius 1 is 0.258 bits per heavy atom. The zero-order valence-electron chi connectivity index (χ0n) is 14.5. The lowest BCUT2D eigenvalue weighted by Crippen LogP contribution is -1.89. The Morgan fingerprint density at radius 2 is 0.258 bits per heavy atom. The van der Waals surface area contributed by atoms with Crippen molar-refractivity contribution in [3.8, 4) is 0 Å². The maximum absolute atomic E-state index is 8.74. The van der Waals surface area contributed by atoms with Gasteiger partial charge in [0.05, 0.1) is 0 Å². The Balaban J connectivity index is -0.00000000326. The topological polar surface area (TPSA) is 665 Å². The zero-order chi connectivity index (χ0) is 13.5. The van der Waals surface area contributed by atoms with Gasteiger partial charge in [-0.2, -0.15) is 25.3 Å². The highest BCUT2D eigenvalue weighted by atomic mass is 32.3. The van der Waals surface area contributed by atoms with Crippen LogP contribution >= 0.6 is 0 Å². The summed E-state index contributed by atoms with van der Waals surface area (Å²) in [5, 5.41) is 0. The highest BCUT2D eigenvalue weighted by Crippen LogP contribution is 1.60. The molecule has 0 heterocycles. The molecule has 6 radical (unpaired) electrons. The van der Waals surface area contributed by atoms with Gasteiger partial charge in [-0.15, -0.1) is 0 Å². The average Bonchev–Trinajstić information content (AvgIpc) is 1.41. The summed E-state index contributed by atoms with van der Waals surface area (Å²) in [7, 11) is -14.0. The number of rotatable bonds is 0. The molecule has 0 spiro atoms. The van der Waals surface area contributed by atoms with Gasteiger partial charge in [0.1, 0.15) is 0 Å². The van der Waals surface area contributed by atoms with Crippen molar-refractivity contribution in [3.63, 3.8) is 0 Å². The van der Waals surface area contributed by atoms with Crippen molar-refractivity contribution in [2.45, 2.75) is 0 Å². The van der Waals surface area contributed by atoms with E-state index < -0.39 is 31.2 Å². The van der Waals surface area contributed by atoms with Crippen LogP contribution in [0.2, 0.25) is 0 Å². The second kappa shape index (κ2) is 77.8. The van der Waals surface area contributed by atoms with Crippen LogP contribution in [0.3, 0.4) is 0 Å². The first-order valence-corrected chi connectivity index (χ1v) is 6.29. The van der Waals surface area contributed by atoms with E-state index in [1.54, 1.807) is 0 Å². The Morgan fingerprint density at radius 3 is 0.258 bits per heavy atom. The van der Waals surface area contributed by atoms with Crippen molar-refractivity contribution in [2.75, 3.05) is 0 Å². The van der Waals surface area contributed by atoms with E-state index in [-0.39, 0.29) is 111 Å². The van der Waals surface area contributed by atoms with E-state index in [2.05, 4.69) is 0 Å². The lowest BCUT2D eigenvalue weighted by atomic mass is 15.8. The van der Waals surface area contributed by atoms with Crippen LogP contribution in [0.4, 0.5) is 0 Å². The summed E-state index contributed by atoms with van der Waals surface area (Å²) >= 11 is 0. The van der Waals surface area contributed by atoms with Crippen molar-refractivity contribution in [2.24, 2.45) is 0 Å². The lowest BCUT2D eigenvalue weighted by molar-refractivity contribution is 0.378. The quantitative estimate of drug-likeness (QED) is 0.111. The summed E-state index contributed by atoms with van der Waals surface area (Å²) in [6, 6.07) is 0. The van der Waals surface area contributed by atoms with Crippen molar-refractivity contribution < 1.29 is 129 Å². The normalized spacial score (nSPS) is 5.61. The standard InChI is InChI=1S/2Al.3H2O4S.14H2O/c;;3*1-5(2,3)4;;;;;;;;;;;;;;/h;;3*(H2,1,2,3,4);14*1H2. The molecule has 0 bridgehead atoms. The van der Waals surface area contributed by atoms with Gasteiger partial charge in [-0.05, 0) is 0 Å². The van der Waals surface area contributed by atoms with Crippen LogP contribution in [0.5, 0.6) is 0 Å². The van der Waals surface area contributed by atoms with Crippen molar-refractivity contribution in [3.05, 3.63) is 0 Å².